The molecule has 1 N–H and O–H groups in total. The number of amides is 1. The first-order valence-corrected chi connectivity index (χ1v) is 11.1. The van der Waals surface area contributed by atoms with Crippen LogP contribution in [0.2, 0.25) is 0 Å². The number of nitrogens with one attached hydrogen (secondary N) is 1. The molecular formula is C22H27N3O4S. The predicted molar refractivity (Wildman–Crippen MR) is 117 cm³/mol. The van der Waals surface area contributed by atoms with Gasteiger partial charge in [-0.25, -0.2) is 4.98 Å². The molecule has 1 fully saturated rings. The summed E-state index contributed by atoms with van der Waals surface area (Å²) in [7, 11) is 0. The first-order chi connectivity index (χ1) is 14.5. The number of thiazole rings is 1. The van der Waals surface area contributed by atoms with E-state index in [0.29, 0.717) is 28.8 Å². The zero-order valence-electron chi connectivity index (χ0n) is 17.5. The molecule has 2 unspecified atom stereocenters. The lowest BCUT2D eigenvalue weighted by Crippen LogP contribution is -2.44. The first kappa shape index (κ1) is 20.8. The van der Waals surface area contributed by atoms with E-state index >= 15 is 0 Å². The lowest BCUT2D eigenvalue weighted by atomic mass is 10.1. The molecule has 7 nitrogen and oxygen atoms in total. The van der Waals surface area contributed by atoms with Crippen LogP contribution in [-0.4, -0.2) is 54.3 Å². The highest BCUT2D eigenvalue weighted by Crippen LogP contribution is 2.36. The standard InChI is InChI=1S/C22H27N3O4S/c1-4-27-19-7-5-6-16-8-17(12-28-20(16)19)21(26)24-22-23-18(13-30-22)11-25-9-14(2)29-15(3)10-25/h5-8,13-15H,4,9-12H2,1-3H3,(H,23,24,26). The molecule has 0 bridgehead atoms. The zero-order chi connectivity index (χ0) is 21.1. The number of para-hydroxylation sites is 1. The molecule has 160 valence electrons. The molecular weight excluding hydrogens is 402 g/mol. The van der Waals surface area contributed by atoms with Crippen LogP contribution in [0.4, 0.5) is 5.13 Å². The second kappa shape index (κ2) is 9.16. The minimum Gasteiger partial charge on any atom is -0.490 e. The Morgan fingerprint density at radius 1 is 1.33 bits per heavy atom. The first-order valence-electron chi connectivity index (χ1n) is 10.2. The zero-order valence-corrected chi connectivity index (χ0v) is 18.3. The van der Waals surface area contributed by atoms with Gasteiger partial charge in [-0.05, 0) is 32.9 Å². The van der Waals surface area contributed by atoms with Crippen LogP contribution in [0.3, 0.4) is 0 Å². The normalized spacial score (nSPS) is 21.4. The summed E-state index contributed by atoms with van der Waals surface area (Å²) in [6.45, 7) is 9.39. The summed E-state index contributed by atoms with van der Waals surface area (Å²) >= 11 is 1.44. The third-order valence-electron chi connectivity index (χ3n) is 4.96. The summed E-state index contributed by atoms with van der Waals surface area (Å²) in [6, 6.07) is 5.68. The fraction of sp³-hybridized carbons (Fsp3) is 0.455. The molecule has 2 aliphatic heterocycles. The van der Waals surface area contributed by atoms with Crippen molar-refractivity contribution in [2.45, 2.75) is 39.5 Å². The van der Waals surface area contributed by atoms with Crippen LogP contribution in [0.1, 0.15) is 32.0 Å². The van der Waals surface area contributed by atoms with E-state index in [-0.39, 0.29) is 24.7 Å². The predicted octanol–water partition coefficient (Wildman–Crippen LogP) is 3.57. The van der Waals surface area contributed by atoms with Crippen LogP contribution < -0.4 is 14.8 Å². The van der Waals surface area contributed by atoms with Gasteiger partial charge in [-0.15, -0.1) is 11.3 Å². The summed E-state index contributed by atoms with van der Waals surface area (Å²) in [5.41, 5.74) is 2.36. The van der Waals surface area contributed by atoms with Gasteiger partial charge in [0.05, 0.1) is 30.1 Å². The molecule has 3 heterocycles. The van der Waals surface area contributed by atoms with Gasteiger partial charge in [-0.2, -0.15) is 0 Å². The molecule has 0 aliphatic carbocycles. The van der Waals surface area contributed by atoms with Gasteiger partial charge in [0.2, 0.25) is 0 Å². The van der Waals surface area contributed by atoms with Crippen LogP contribution in [-0.2, 0) is 16.1 Å². The van der Waals surface area contributed by atoms with Crippen molar-refractivity contribution < 1.29 is 19.0 Å². The monoisotopic (exact) mass is 429 g/mol. The summed E-state index contributed by atoms with van der Waals surface area (Å²) in [5, 5.41) is 5.50. The summed E-state index contributed by atoms with van der Waals surface area (Å²) in [4.78, 5) is 19.6. The maximum absolute atomic E-state index is 12.7. The van der Waals surface area contributed by atoms with Crippen LogP contribution in [0, 0.1) is 0 Å². The van der Waals surface area contributed by atoms with Crippen LogP contribution in [0.15, 0.2) is 29.2 Å². The number of carbonyl (C=O) groups excluding carboxylic acids is 1. The Kier molecular flexibility index (Phi) is 6.36. The Balaban J connectivity index is 1.39. The molecule has 1 saturated heterocycles. The van der Waals surface area contributed by atoms with Crippen LogP contribution in [0.5, 0.6) is 11.5 Å². The molecule has 0 saturated carbocycles. The Morgan fingerprint density at radius 2 is 2.13 bits per heavy atom. The largest absolute Gasteiger partial charge is 0.490 e. The van der Waals surface area contributed by atoms with Gasteiger partial charge in [0.1, 0.15) is 6.61 Å². The molecule has 8 heteroatoms. The molecule has 4 rings (SSSR count). The van der Waals surface area contributed by atoms with Crippen molar-refractivity contribution >= 4 is 28.5 Å². The third-order valence-corrected chi connectivity index (χ3v) is 5.76. The Hall–Kier alpha value is -2.42. The molecule has 2 aromatic rings. The molecule has 2 aliphatic rings. The van der Waals surface area contributed by atoms with Crippen LogP contribution >= 0.6 is 11.3 Å². The highest BCUT2D eigenvalue weighted by atomic mass is 32.1. The van der Waals surface area contributed by atoms with E-state index < -0.39 is 0 Å². The molecule has 1 aromatic heterocycles. The van der Waals surface area contributed by atoms with Crippen LogP contribution in [0.25, 0.3) is 6.08 Å². The fourth-order valence-electron chi connectivity index (χ4n) is 3.84. The van der Waals surface area contributed by atoms with Gasteiger partial charge in [0, 0.05) is 30.6 Å². The Bertz CT molecular complexity index is 932. The van der Waals surface area contributed by atoms with Crippen molar-refractivity contribution in [3.63, 3.8) is 0 Å². The number of morpholine rings is 1. The van der Waals surface area contributed by atoms with Crippen molar-refractivity contribution in [2.75, 3.05) is 31.6 Å². The number of rotatable bonds is 6. The van der Waals surface area contributed by atoms with E-state index in [1.54, 1.807) is 0 Å². The number of nitrogens with zero attached hydrogens (tertiary/aromatic N) is 2. The van der Waals surface area contributed by atoms with Gasteiger partial charge in [0.15, 0.2) is 16.6 Å². The van der Waals surface area contributed by atoms with Crippen molar-refractivity contribution in [1.82, 2.24) is 9.88 Å². The maximum atomic E-state index is 12.7. The highest BCUT2D eigenvalue weighted by Gasteiger charge is 2.24. The number of hydrogen-bond acceptors (Lipinski definition) is 7. The quantitative estimate of drug-likeness (QED) is 0.757. The number of hydrogen-bond donors (Lipinski definition) is 1. The Labute approximate surface area is 180 Å². The van der Waals surface area contributed by atoms with E-state index in [1.807, 2.05) is 36.6 Å². The van der Waals surface area contributed by atoms with Gasteiger partial charge in [-0.1, -0.05) is 12.1 Å². The Morgan fingerprint density at radius 3 is 2.90 bits per heavy atom. The average Bonchev–Trinajstić information content (AvgIpc) is 3.14. The van der Waals surface area contributed by atoms with Crippen molar-refractivity contribution in [2.24, 2.45) is 0 Å². The smallest absolute Gasteiger partial charge is 0.256 e. The average molecular weight is 430 g/mol. The number of anilines is 1. The fourth-order valence-corrected chi connectivity index (χ4v) is 4.53. The highest BCUT2D eigenvalue weighted by molar-refractivity contribution is 7.14. The lowest BCUT2D eigenvalue weighted by Gasteiger charge is -2.34. The van der Waals surface area contributed by atoms with Gasteiger partial charge >= 0.3 is 0 Å². The number of aromatic nitrogens is 1. The number of benzene rings is 1. The van der Waals surface area contributed by atoms with Crippen molar-refractivity contribution in [3.8, 4) is 11.5 Å². The summed E-state index contributed by atoms with van der Waals surface area (Å²) in [6.07, 6.45) is 2.29. The molecule has 2 atom stereocenters. The molecule has 30 heavy (non-hydrogen) atoms. The number of carbonyl (C=O) groups is 1. The molecule has 0 spiro atoms. The van der Waals surface area contributed by atoms with Gasteiger partial charge in [-0.3, -0.25) is 15.0 Å². The second-order valence-corrected chi connectivity index (χ2v) is 8.47. The van der Waals surface area contributed by atoms with Crippen molar-refractivity contribution in [3.05, 3.63) is 40.4 Å². The SMILES string of the molecule is CCOc1cccc2c1OCC(C(=O)Nc1nc(CN3CC(C)OC(C)C3)cs1)=C2. The molecule has 1 amide bonds. The molecule has 0 radical (unpaired) electrons. The number of fused-ring (bicyclic) bond motifs is 1. The van der Waals surface area contributed by atoms with E-state index in [2.05, 4.69) is 29.0 Å². The van der Waals surface area contributed by atoms with Gasteiger partial charge < -0.3 is 14.2 Å². The second-order valence-electron chi connectivity index (χ2n) is 7.62. The van der Waals surface area contributed by atoms with Gasteiger partial charge in [0.25, 0.3) is 5.91 Å². The lowest BCUT2D eigenvalue weighted by molar-refractivity contribution is -0.113. The van der Waals surface area contributed by atoms with E-state index in [0.717, 1.165) is 30.9 Å². The third kappa shape index (κ3) is 4.83. The van der Waals surface area contributed by atoms with E-state index in [1.165, 1.54) is 11.3 Å². The minimum atomic E-state index is -0.197. The van der Waals surface area contributed by atoms with Crippen molar-refractivity contribution in [1.29, 1.82) is 0 Å². The number of ether oxygens (including phenoxy) is 3. The van der Waals surface area contributed by atoms with E-state index in [9.17, 15) is 4.79 Å². The minimum absolute atomic E-state index is 0.197. The molecule has 1 aromatic carbocycles. The summed E-state index contributed by atoms with van der Waals surface area (Å²) in [5.74, 6) is 1.18. The van der Waals surface area contributed by atoms with E-state index in [4.69, 9.17) is 14.2 Å². The summed E-state index contributed by atoms with van der Waals surface area (Å²) < 4.78 is 17.2. The topological polar surface area (TPSA) is 72.9 Å². The maximum Gasteiger partial charge on any atom is 0.256 e.